The number of hydrogen-bond acceptors (Lipinski definition) is 3. The minimum absolute atomic E-state index is 0.250. The summed E-state index contributed by atoms with van der Waals surface area (Å²) in [4.78, 5) is 11.8. The third-order valence-corrected chi connectivity index (χ3v) is 5.76. The Kier molecular flexibility index (Phi) is 5.65. The molecule has 0 aliphatic heterocycles. The van der Waals surface area contributed by atoms with Crippen LogP contribution in [0.15, 0.2) is 65.6 Å². The van der Waals surface area contributed by atoms with Crippen molar-refractivity contribution in [1.29, 1.82) is 0 Å². The molecule has 3 aromatic rings. The Hall–Kier alpha value is -3.26. The zero-order valence-electron chi connectivity index (χ0n) is 15.7. The maximum atomic E-state index is 14.4. The highest BCUT2D eigenvalue weighted by Crippen LogP contribution is 2.23. The minimum atomic E-state index is -4.03. The van der Waals surface area contributed by atoms with Crippen LogP contribution in [-0.2, 0) is 10.0 Å². The van der Waals surface area contributed by atoms with Crippen molar-refractivity contribution in [3.05, 3.63) is 89.0 Å². The second kappa shape index (κ2) is 8.00. The SMILES string of the molecule is Cc1ccc(NS(=O)(=O)c2ccc(NC(=O)c3ccccc3F)c(F)c2)cc1C. The van der Waals surface area contributed by atoms with Crippen LogP contribution in [0.25, 0.3) is 0 Å². The highest BCUT2D eigenvalue weighted by atomic mass is 32.2. The van der Waals surface area contributed by atoms with E-state index in [1.807, 2.05) is 13.8 Å². The Morgan fingerprint density at radius 3 is 2.24 bits per heavy atom. The van der Waals surface area contributed by atoms with Gasteiger partial charge in [-0.3, -0.25) is 9.52 Å². The quantitative estimate of drug-likeness (QED) is 0.637. The maximum absolute atomic E-state index is 14.4. The van der Waals surface area contributed by atoms with Gasteiger partial charge in [0.1, 0.15) is 11.6 Å². The Balaban J connectivity index is 1.82. The number of sulfonamides is 1. The van der Waals surface area contributed by atoms with Crippen molar-refractivity contribution < 1.29 is 22.0 Å². The fourth-order valence-electron chi connectivity index (χ4n) is 2.62. The van der Waals surface area contributed by atoms with E-state index < -0.39 is 27.6 Å². The number of amides is 1. The molecule has 0 heterocycles. The van der Waals surface area contributed by atoms with Gasteiger partial charge in [-0.2, -0.15) is 0 Å². The van der Waals surface area contributed by atoms with Crippen LogP contribution in [0.5, 0.6) is 0 Å². The number of rotatable bonds is 5. The average Bonchev–Trinajstić information content (AvgIpc) is 2.66. The molecule has 2 N–H and O–H groups in total. The molecular weight excluding hydrogens is 398 g/mol. The molecule has 29 heavy (non-hydrogen) atoms. The second-order valence-corrected chi connectivity index (χ2v) is 8.16. The summed E-state index contributed by atoms with van der Waals surface area (Å²) in [6.07, 6.45) is 0. The van der Waals surface area contributed by atoms with Gasteiger partial charge in [-0.1, -0.05) is 18.2 Å². The summed E-state index contributed by atoms with van der Waals surface area (Å²) in [5.74, 6) is -2.55. The molecule has 150 valence electrons. The van der Waals surface area contributed by atoms with E-state index in [1.54, 1.807) is 18.2 Å². The predicted molar refractivity (Wildman–Crippen MR) is 107 cm³/mol. The molecule has 8 heteroatoms. The average molecular weight is 416 g/mol. The number of carbonyl (C=O) groups is 1. The molecule has 0 atom stereocenters. The highest BCUT2D eigenvalue weighted by molar-refractivity contribution is 7.92. The first kappa shape index (κ1) is 20.5. The fourth-order valence-corrected chi connectivity index (χ4v) is 3.68. The molecule has 3 aromatic carbocycles. The van der Waals surface area contributed by atoms with Gasteiger partial charge in [0.15, 0.2) is 0 Å². The molecule has 0 aliphatic rings. The topological polar surface area (TPSA) is 75.3 Å². The first-order valence-corrected chi connectivity index (χ1v) is 10.1. The summed E-state index contributed by atoms with van der Waals surface area (Å²) in [5, 5.41) is 2.24. The zero-order chi connectivity index (χ0) is 21.2. The molecule has 0 aliphatic carbocycles. The van der Waals surface area contributed by atoms with E-state index in [2.05, 4.69) is 10.0 Å². The summed E-state index contributed by atoms with van der Waals surface area (Å²) in [6.45, 7) is 3.75. The number of nitrogens with one attached hydrogen (secondary N) is 2. The second-order valence-electron chi connectivity index (χ2n) is 6.48. The lowest BCUT2D eigenvalue weighted by Gasteiger charge is -2.12. The van der Waals surface area contributed by atoms with Gasteiger partial charge in [0.05, 0.1) is 16.1 Å². The van der Waals surface area contributed by atoms with Crippen molar-refractivity contribution in [2.75, 3.05) is 10.0 Å². The molecule has 0 aromatic heterocycles. The Morgan fingerprint density at radius 2 is 1.59 bits per heavy atom. The van der Waals surface area contributed by atoms with E-state index in [-0.39, 0.29) is 16.1 Å². The lowest BCUT2D eigenvalue weighted by atomic mass is 10.1. The van der Waals surface area contributed by atoms with Crippen molar-refractivity contribution in [2.45, 2.75) is 18.7 Å². The van der Waals surface area contributed by atoms with Crippen LogP contribution in [0.4, 0.5) is 20.2 Å². The lowest BCUT2D eigenvalue weighted by Crippen LogP contribution is -2.16. The molecule has 5 nitrogen and oxygen atoms in total. The molecule has 3 rings (SSSR count). The Labute approximate surface area is 167 Å². The van der Waals surface area contributed by atoms with Gasteiger partial charge >= 0.3 is 0 Å². The van der Waals surface area contributed by atoms with Crippen LogP contribution >= 0.6 is 0 Å². The van der Waals surface area contributed by atoms with Crippen LogP contribution in [-0.4, -0.2) is 14.3 Å². The van der Waals surface area contributed by atoms with Crippen LogP contribution in [0.2, 0.25) is 0 Å². The largest absolute Gasteiger partial charge is 0.319 e. The Morgan fingerprint density at radius 1 is 0.862 bits per heavy atom. The van der Waals surface area contributed by atoms with Crippen molar-refractivity contribution in [3.8, 4) is 0 Å². The number of anilines is 2. The first-order valence-electron chi connectivity index (χ1n) is 8.63. The van der Waals surface area contributed by atoms with Crippen LogP contribution in [0.1, 0.15) is 21.5 Å². The summed E-state index contributed by atoms with van der Waals surface area (Å²) >= 11 is 0. The van der Waals surface area contributed by atoms with Gasteiger partial charge in [0.2, 0.25) is 0 Å². The summed E-state index contributed by atoms with van der Waals surface area (Å²) in [7, 11) is -4.03. The van der Waals surface area contributed by atoms with Gasteiger partial charge in [-0.05, 0) is 67.4 Å². The lowest BCUT2D eigenvalue weighted by molar-refractivity contribution is 0.102. The van der Waals surface area contributed by atoms with Crippen molar-refractivity contribution in [2.24, 2.45) is 0 Å². The standard InChI is InChI=1S/C21H18F2N2O3S/c1-13-7-8-15(11-14(13)2)25-29(27,28)16-9-10-20(19(23)12-16)24-21(26)17-5-3-4-6-18(17)22/h3-12,25H,1-2H3,(H,24,26). The fraction of sp³-hybridized carbons (Fsp3) is 0.0952. The van der Waals surface area contributed by atoms with Gasteiger partial charge in [0, 0.05) is 5.69 Å². The van der Waals surface area contributed by atoms with E-state index in [1.165, 1.54) is 18.2 Å². The predicted octanol–water partition coefficient (Wildman–Crippen LogP) is 4.63. The number of aryl methyl sites for hydroxylation is 2. The summed E-state index contributed by atoms with van der Waals surface area (Å²) in [5.41, 5.74) is 1.75. The van der Waals surface area contributed by atoms with Gasteiger partial charge < -0.3 is 5.32 Å². The first-order chi connectivity index (χ1) is 13.7. The summed E-state index contributed by atoms with van der Waals surface area (Å²) in [6, 6.07) is 13.4. The number of benzene rings is 3. The minimum Gasteiger partial charge on any atom is -0.319 e. The van der Waals surface area contributed by atoms with Crippen molar-refractivity contribution in [3.63, 3.8) is 0 Å². The Bertz CT molecular complexity index is 1190. The third kappa shape index (κ3) is 4.60. The molecule has 0 radical (unpaired) electrons. The van der Waals surface area contributed by atoms with Crippen LogP contribution < -0.4 is 10.0 Å². The van der Waals surface area contributed by atoms with Crippen LogP contribution in [0.3, 0.4) is 0 Å². The van der Waals surface area contributed by atoms with E-state index in [9.17, 15) is 22.0 Å². The number of hydrogen-bond donors (Lipinski definition) is 2. The molecule has 0 spiro atoms. The maximum Gasteiger partial charge on any atom is 0.261 e. The van der Waals surface area contributed by atoms with Gasteiger partial charge in [-0.25, -0.2) is 17.2 Å². The monoisotopic (exact) mass is 416 g/mol. The summed E-state index contributed by atoms with van der Waals surface area (Å²) < 4.78 is 55.6. The smallest absolute Gasteiger partial charge is 0.261 e. The van der Waals surface area contributed by atoms with E-state index in [0.717, 1.165) is 35.4 Å². The normalized spacial score (nSPS) is 11.2. The number of carbonyl (C=O) groups excluding carboxylic acids is 1. The van der Waals surface area contributed by atoms with Crippen molar-refractivity contribution in [1.82, 2.24) is 0 Å². The highest BCUT2D eigenvalue weighted by Gasteiger charge is 2.19. The number of halogens is 2. The van der Waals surface area contributed by atoms with Gasteiger partial charge in [0.25, 0.3) is 15.9 Å². The molecule has 0 saturated heterocycles. The third-order valence-electron chi connectivity index (χ3n) is 4.38. The van der Waals surface area contributed by atoms with Crippen LogP contribution in [0, 0.1) is 25.5 Å². The molecule has 0 unspecified atom stereocenters. The molecule has 0 saturated carbocycles. The molecule has 1 amide bonds. The molecule has 0 bridgehead atoms. The van der Waals surface area contributed by atoms with Gasteiger partial charge in [-0.15, -0.1) is 0 Å². The van der Waals surface area contributed by atoms with Crippen molar-refractivity contribution >= 4 is 27.3 Å². The zero-order valence-corrected chi connectivity index (χ0v) is 16.5. The van der Waals surface area contributed by atoms with E-state index in [4.69, 9.17) is 0 Å². The van der Waals surface area contributed by atoms with E-state index in [0.29, 0.717) is 5.69 Å². The molecule has 0 fully saturated rings. The van der Waals surface area contributed by atoms with E-state index >= 15 is 0 Å². The molecular formula is C21H18F2N2O3S.